The van der Waals surface area contributed by atoms with Crippen molar-refractivity contribution in [2.45, 2.75) is 11.4 Å². The van der Waals surface area contributed by atoms with E-state index in [9.17, 15) is 26.0 Å². The molecule has 96 valence electrons. The number of hydrogen-bond acceptors (Lipinski definition) is 2. The monoisotopic (exact) mass is 335 g/mol. The number of rotatable bonds is 2. The van der Waals surface area contributed by atoms with Gasteiger partial charge in [0.05, 0.1) is 0 Å². The van der Waals surface area contributed by atoms with E-state index in [0.29, 0.717) is 6.07 Å². The summed E-state index contributed by atoms with van der Waals surface area (Å²) in [6, 6.07) is 2.35. The summed E-state index contributed by atoms with van der Waals surface area (Å²) in [4.78, 5) is 0. The molecular weight excluding hydrogens is 330 g/mol. The first-order valence-corrected chi connectivity index (χ1v) is 6.47. The second kappa shape index (κ2) is 4.54. The van der Waals surface area contributed by atoms with Crippen molar-refractivity contribution in [1.29, 1.82) is 0 Å². The van der Waals surface area contributed by atoms with Gasteiger partial charge in [-0.05, 0) is 23.8 Å². The van der Waals surface area contributed by atoms with Crippen LogP contribution in [0.25, 0.3) is 0 Å². The van der Waals surface area contributed by atoms with Crippen molar-refractivity contribution in [2.24, 2.45) is 5.14 Å². The minimum absolute atomic E-state index is 0.185. The summed E-state index contributed by atoms with van der Waals surface area (Å²) in [6.45, 7) is 0. The Bertz CT molecular complexity index is 529. The molecule has 0 spiro atoms. The van der Waals surface area contributed by atoms with Gasteiger partial charge in [0.2, 0.25) is 10.0 Å². The SMILES string of the molecule is NS(=O)(=O)C(c1cc(F)ccc1Br)C(F)(F)F. The van der Waals surface area contributed by atoms with Crippen LogP contribution in [0.4, 0.5) is 17.6 Å². The van der Waals surface area contributed by atoms with Gasteiger partial charge in [-0.25, -0.2) is 17.9 Å². The number of benzene rings is 1. The van der Waals surface area contributed by atoms with Crippen molar-refractivity contribution in [3.05, 3.63) is 34.1 Å². The Morgan fingerprint density at radius 2 is 1.82 bits per heavy atom. The Labute approximate surface area is 103 Å². The molecule has 1 aromatic rings. The second-order valence-corrected chi connectivity index (χ2v) is 5.68. The Morgan fingerprint density at radius 3 is 2.24 bits per heavy atom. The highest BCUT2D eigenvalue weighted by Gasteiger charge is 2.49. The summed E-state index contributed by atoms with van der Waals surface area (Å²) >= 11 is 2.73. The number of hydrogen-bond donors (Lipinski definition) is 1. The zero-order valence-corrected chi connectivity index (χ0v) is 10.4. The quantitative estimate of drug-likeness (QED) is 0.844. The van der Waals surface area contributed by atoms with Gasteiger partial charge in [-0.1, -0.05) is 15.9 Å². The molecule has 0 aliphatic heterocycles. The molecule has 0 heterocycles. The van der Waals surface area contributed by atoms with Crippen LogP contribution in [0.3, 0.4) is 0 Å². The van der Waals surface area contributed by atoms with Crippen molar-refractivity contribution >= 4 is 26.0 Å². The molecule has 2 N–H and O–H groups in total. The van der Waals surface area contributed by atoms with Crippen LogP contribution in [0.5, 0.6) is 0 Å². The Kier molecular flexibility index (Phi) is 3.84. The lowest BCUT2D eigenvalue weighted by Crippen LogP contribution is -2.33. The average Bonchev–Trinajstić information content (AvgIpc) is 2.06. The Morgan fingerprint density at radius 1 is 1.29 bits per heavy atom. The van der Waals surface area contributed by atoms with Crippen LogP contribution >= 0.6 is 15.9 Å². The van der Waals surface area contributed by atoms with Crippen molar-refractivity contribution < 1.29 is 26.0 Å². The second-order valence-electron chi connectivity index (χ2n) is 3.18. The highest BCUT2D eigenvalue weighted by atomic mass is 79.9. The standard InChI is InChI=1S/C8H6BrF4NO2S/c9-6-2-1-4(10)3-5(6)7(8(11,12)13)17(14,15)16/h1-3,7H,(H2,14,15,16). The van der Waals surface area contributed by atoms with Crippen LogP contribution in [-0.2, 0) is 10.0 Å². The molecule has 0 saturated carbocycles. The van der Waals surface area contributed by atoms with E-state index in [0.717, 1.165) is 12.1 Å². The lowest BCUT2D eigenvalue weighted by atomic mass is 10.1. The first-order valence-electron chi connectivity index (χ1n) is 4.07. The Hall–Kier alpha value is -0.670. The van der Waals surface area contributed by atoms with E-state index in [4.69, 9.17) is 0 Å². The largest absolute Gasteiger partial charge is 0.410 e. The maximum Gasteiger partial charge on any atom is 0.410 e. The molecule has 0 aliphatic carbocycles. The van der Waals surface area contributed by atoms with Gasteiger partial charge in [0, 0.05) is 4.47 Å². The molecule has 17 heavy (non-hydrogen) atoms. The molecule has 3 nitrogen and oxygen atoms in total. The lowest BCUT2D eigenvalue weighted by molar-refractivity contribution is -0.131. The van der Waals surface area contributed by atoms with Gasteiger partial charge in [0.1, 0.15) is 5.82 Å². The van der Waals surface area contributed by atoms with E-state index in [1.807, 2.05) is 0 Å². The fraction of sp³-hybridized carbons (Fsp3) is 0.250. The Balaban J connectivity index is 3.49. The number of halogens is 5. The maximum absolute atomic E-state index is 12.9. The van der Waals surface area contributed by atoms with Gasteiger partial charge >= 0.3 is 6.18 Å². The van der Waals surface area contributed by atoms with Crippen molar-refractivity contribution in [2.75, 3.05) is 0 Å². The van der Waals surface area contributed by atoms with E-state index in [2.05, 4.69) is 21.1 Å². The topological polar surface area (TPSA) is 60.2 Å². The smallest absolute Gasteiger partial charge is 0.228 e. The number of nitrogens with two attached hydrogens (primary N) is 1. The summed E-state index contributed by atoms with van der Waals surface area (Å²) in [7, 11) is -4.94. The van der Waals surface area contributed by atoms with Crippen LogP contribution in [0, 0.1) is 5.82 Å². The van der Waals surface area contributed by atoms with E-state index in [1.54, 1.807) is 0 Å². The highest BCUT2D eigenvalue weighted by molar-refractivity contribution is 9.10. The molecular formula is C8H6BrF4NO2S. The molecule has 0 fully saturated rings. The van der Waals surface area contributed by atoms with Crippen molar-refractivity contribution in [3.63, 3.8) is 0 Å². The number of alkyl halides is 3. The predicted molar refractivity (Wildman–Crippen MR) is 56.0 cm³/mol. The molecule has 0 saturated heterocycles. The van der Waals surface area contributed by atoms with Gasteiger partial charge in [-0.2, -0.15) is 13.2 Å². The molecule has 0 radical (unpaired) electrons. The van der Waals surface area contributed by atoms with Crippen LogP contribution in [-0.4, -0.2) is 14.6 Å². The van der Waals surface area contributed by atoms with E-state index < -0.39 is 32.8 Å². The van der Waals surface area contributed by atoms with E-state index >= 15 is 0 Å². The van der Waals surface area contributed by atoms with Crippen molar-refractivity contribution in [3.8, 4) is 0 Å². The molecule has 1 unspecified atom stereocenters. The third-order valence-corrected chi connectivity index (χ3v) is 3.77. The fourth-order valence-electron chi connectivity index (χ4n) is 1.26. The maximum atomic E-state index is 12.9. The van der Waals surface area contributed by atoms with Gasteiger partial charge in [0.25, 0.3) is 0 Å². The average molecular weight is 336 g/mol. The molecule has 0 aromatic heterocycles. The van der Waals surface area contributed by atoms with E-state index in [1.165, 1.54) is 0 Å². The van der Waals surface area contributed by atoms with E-state index in [-0.39, 0.29) is 4.47 Å². The van der Waals surface area contributed by atoms with Crippen LogP contribution in [0.15, 0.2) is 22.7 Å². The summed E-state index contributed by atoms with van der Waals surface area (Å²) in [5.74, 6) is -0.985. The molecule has 0 bridgehead atoms. The molecule has 9 heteroatoms. The summed E-state index contributed by atoms with van der Waals surface area (Å²) in [5.41, 5.74) is -0.778. The van der Waals surface area contributed by atoms with Gasteiger partial charge in [-0.15, -0.1) is 0 Å². The third-order valence-electron chi connectivity index (χ3n) is 1.87. The minimum Gasteiger partial charge on any atom is -0.228 e. The molecule has 0 amide bonds. The molecule has 1 atom stereocenters. The normalized spacial score (nSPS) is 14.7. The molecule has 1 aromatic carbocycles. The van der Waals surface area contributed by atoms with Crippen molar-refractivity contribution in [1.82, 2.24) is 0 Å². The van der Waals surface area contributed by atoms with Gasteiger partial charge < -0.3 is 0 Å². The minimum atomic E-state index is -5.12. The summed E-state index contributed by atoms with van der Waals surface area (Å²) in [5, 5.41) is 1.57. The molecule has 1 rings (SSSR count). The van der Waals surface area contributed by atoms with Gasteiger partial charge in [-0.3, -0.25) is 0 Å². The first-order chi connectivity index (χ1) is 7.53. The highest BCUT2D eigenvalue weighted by Crippen LogP contribution is 2.40. The molecule has 0 aliphatic rings. The summed E-state index contributed by atoms with van der Waals surface area (Å²) < 4.78 is 72.4. The predicted octanol–water partition coefficient (Wildman–Crippen LogP) is 2.48. The third kappa shape index (κ3) is 3.39. The zero-order chi connectivity index (χ0) is 13.4. The number of primary sulfonamides is 1. The van der Waals surface area contributed by atoms with Crippen LogP contribution in [0.2, 0.25) is 0 Å². The lowest BCUT2D eigenvalue weighted by Gasteiger charge is -2.19. The number of sulfonamides is 1. The van der Waals surface area contributed by atoms with Crippen LogP contribution in [0.1, 0.15) is 10.8 Å². The first kappa shape index (κ1) is 14.4. The van der Waals surface area contributed by atoms with Crippen LogP contribution < -0.4 is 5.14 Å². The van der Waals surface area contributed by atoms with Gasteiger partial charge in [0.15, 0.2) is 5.25 Å². The zero-order valence-electron chi connectivity index (χ0n) is 8.00. The summed E-state index contributed by atoms with van der Waals surface area (Å²) in [6.07, 6.45) is -5.12. The fourth-order valence-corrected chi connectivity index (χ4v) is 2.80.